The first kappa shape index (κ1) is 11.4. The Morgan fingerprint density at radius 3 is 2.92 bits per heavy atom. The zero-order chi connectivity index (χ0) is 9.23. The lowest BCUT2D eigenvalue weighted by Gasteiger charge is -2.03. The van der Waals surface area contributed by atoms with Gasteiger partial charge in [-0.05, 0) is 12.8 Å². The first-order valence-electron chi connectivity index (χ1n) is 4.45. The van der Waals surface area contributed by atoms with Crippen LogP contribution in [0.1, 0.15) is 26.2 Å². The highest BCUT2D eigenvalue weighted by atomic mass is 16.5. The van der Waals surface area contributed by atoms with Crippen molar-refractivity contribution >= 4 is 5.91 Å². The van der Waals surface area contributed by atoms with Crippen LogP contribution >= 0.6 is 0 Å². The minimum absolute atomic E-state index is 0.0306. The van der Waals surface area contributed by atoms with Gasteiger partial charge in [0.25, 0.3) is 0 Å². The number of nitrogens with one attached hydrogen (secondary N) is 1. The Hall–Kier alpha value is -0.570. The number of rotatable bonds is 7. The Balaban J connectivity index is 3.10. The van der Waals surface area contributed by atoms with Crippen LogP contribution in [0.5, 0.6) is 0 Å². The van der Waals surface area contributed by atoms with Crippen molar-refractivity contribution in [3.8, 4) is 0 Å². The third-order valence-corrected chi connectivity index (χ3v) is 1.37. The van der Waals surface area contributed by atoms with Gasteiger partial charge in [0.1, 0.15) is 6.61 Å². The summed E-state index contributed by atoms with van der Waals surface area (Å²) < 4.78 is 5.00. The molecule has 3 heteroatoms. The number of ether oxygens (including phenoxy) is 1. The highest BCUT2D eigenvalue weighted by Gasteiger charge is 1.98. The second-order valence-corrected chi connectivity index (χ2v) is 2.61. The zero-order valence-electron chi connectivity index (χ0n) is 7.77. The van der Waals surface area contributed by atoms with Crippen LogP contribution in [-0.2, 0) is 9.53 Å². The summed E-state index contributed by atoms with van der Waals surface area (Å²) >= 11 is 0. The Morgan fingerprint density at radius 1 is 1.58 bits per heavy atom. The third kappa shape index (κ3) is 7.54. The molecule has 0 aliphatic carbocycles. The van der Waals surface area contributed by atoms with Gasteiger partial charge in [0.15, 0.2) is 0 Å². The standard InChI is InChI=1S/C9H18NO2/c1-3-5-6-10-9(11)8-12-7-4-2/h2-8H2,1H3,(H,10,11). The van der Waals surface area contributed by atoms with E-state index in [2.05, 4.69) is 19.2 Å². The third-order valence-electron chi connectivity index (χ3n) is 1.37. The van der Waals surface area contributed by atoms with E-state index in [9.17, 15) is 4.79 Å². The van der Waals surface area contributed by atoms with Gasteiger partial charge in [0.05, 0.1) is 0 Å². The van der Waals surface area contributed by atoms with Crippen LogP contribution in [0, 0.1) is 6.92 Å². The van der Waals surface area contributed by atoms with Crippen LogP contribution < -0.4 is 5.32 Å². The van der Waals surface area contributed by atoms with E-state index in [0.717, 1.165) is 19.4 Å². The molecule has 0 aromatic heterocycles. The fraction of sp³-hybridized carbons (Fsp3) is 0.778. The molecule has 0 atom stereocenters. The Labute approximate surface area is 74.5 Å². The number of amides is 1. The molecule has 0 aromatic rings. The van der Waals surface area contributed by atoms with Crippen molar-refractivity contribution in [3.05, 3.63) is 6.92 Å². The molecule has 0 unspecified atom stereocenters. The van der Waals surface area contributed by atoms with E-state index < -0.39 is 0 Å². The second kappa shape index (κ2) is 8.53. The van der Waals surface area contributed by atoms with Crippen molar-refractivity contribution in [2.75, 3.05) is 19.8 Å². The minimum atomic E-state index is -0.0306. The molecule has 71 valence electrons. The van der Waals surface area contributed by atoms with Crippen LogP contribution in [0.2, 0.25) is 0 Å². The minimum Gasteiger partial charge on any atom is -0.372 e. The maximum atomic E-state index is 10.9. The first-order chi connectivity index (χ1) is 5.81. The van der Waals surface area contributed by atoms with Gasteiger partial charge in [-0.2, -0.15) is 0 Å². The number of unbranched alkanes of at least 4 members (excludes halogenated alkanes) is 1. The van der Waals surface area contributed by atoms with Crippen LogP contribution in [0.3, 0.4) is 0 Å². The number of hydrogen-bond donors (Lipinski definition) is 1. The summed E-state index contributed by atoms with van der Waals surface area (Å²) in [7, 11) is 0. The summed E-state index contributed by atoms with van der Waals surface area (Å²) in [5.74, 6) is -0.0306. The van der Waals surface area contributed by atoms with Gasteiger partial charge in [-0.25, -0.2) is 0 Å². The van der Waals surface area contributed by atoms with Gasteiger partial charge in [0, 0.05) is 13.2 Å². The molecule has 0 bridgehead atoms. The van der Waals surface area contributed by atoms with Gasteiger partial charge in [-0.15, -0.1) is 0 Å². The lowest BCUT2D eigenvalue weighted by atomic mass is 10.3. The highest BCUT2D eigenvalue weighted by Crippen LogP contribution is 1.83. The Bertz CT molecular complexity index is 103. The number of hydrogen-bond acceptors (Lipinski definition) is 2. The van der Waals surface area contributed by atoms with Crippen molar-refractivity contribution in [2.24, 2.45) is 0 Å². The lowest BCUT2D eigenvalue weighted by Crippen LogP contribution is -2.28. The molecule has 0 aromatic carbocycles. The molecule has 0 spiro atoms. The smallest absolute Gasteiger partial charge is 0.245 e. The zero-order valence-corrected chi connectivity index (χ0v) is 7.77. The number of carbonyl (C=O) groups is 1. The van der Waals surface area contributed by atoms with E-state index in [0.29, 0.717) is 13.0 Å². The monoisotopic (exact) mass is 172 g/mol. The SMILES string of the molecule is [CH2]CCOCC(=O)NCCCC. The Morgan fingerprint density at radius 2 is 2.33 bits per heavy atom. The van der Waals surface area contributed by atoms with Crippen molar-refractivity contribution in [1.29, 1.82) is 0 Å². The number of carbonyl (C=O) groups excluding carboxylic acids is 1. The summed E-state index contributed by atoms with van der Waals surface area (Å²) in [6, 6.07) is 0. The normalized spacial score (nSPS) is 9.83. The van der Waals surface area contributed by atoms with Crippen molar-refractivity contribution in [2.45, 2.75) is 26.2 Å². The predicted molar refractivity (Wildman–Crippen MR) is 48.7 cm³/mol. The molecule has 1 radical (unpaired) electrons. The van der Waals surface area contributed by atoms with E-state index in [-0.39, 0.29) is 12.5 Å². The van der Waals surface area contributed by atoms with E-state index >= 15 is 0 Å². The summed E-state index contributed by atoms with van der Waals surface area (Å²) in [6.45, 7) is 7.17. The first-order valence-corrected chi connectivity index (χ1v) is 4.45. The summed E-state index contributed by atoms with van der Waals surface area (Å²) in [4.78, 5) is 10.9. The van der Waals surface area contributed by atoms with Gasteiger partial charge in [0.2, 0.25) is 5.91 Å². The summed E-state index contributed by atoms with van der Waals surface area (Å²) in [5.41, 5.74) is 0. The molecule has 0 rings (SSSR count). The molecule has 0 fully saturated rings. The van der Waals surface area contributed by atoms with Gasteiger partial charge in [-0.3, -0.25) is 4.79 Å². The highest BCUT2D eigenvalue weighted by molar-refractivity contribution is 5.77. The fourth-order valence-corrected chi connectivity index (χ4v) is 0.723. The van der Waals surface area contributed by atoms with Crippen molar-refractivity contribution in [1.82, 2.24) is 5.32 Å². The van der Waals surface area contributed by atoms with Gasteiger partial charge < -0.3 is 10.1 Å². The van der Waals surface area contributed by atoms with Crippen LogP contribution in [-0.4, -0.2) is 25.7 Å². The molecule has 0 aliphatic heterocycles. The largest absolute Gasteiger partial charge is 0.372 e. The molecular formula is C9H18NO2. The maximum Gasteiger partial charge on any atom is 0.245 e. The molecule has 3 nitrogen and oxygen atoms in total. The lowest BCUT2D eigenvalue weighted by molar-refractivity contribution is -0.125. The van der Waals surface area contributed by atoms with Crippen LogP contribution in [0.15, 0.2) is 0 Å². The maximum absolute atomic E-state index is 10.9. The molecule has 1 N–H and O–H groups in total. The molecule has 0 aliphatic rings. The average Bonchev–Trinajstić information content (AvgIpc) is 2.06. The van der Waals surface area contributed by atoms with Crippen molar-refractivity contribution in [3.63, 3.8) is 0 Å². The topological polar surface area (TPSA) is 38.3 Å². The summed E-state index contributed by atoms with van der Waals surface area (Å²) in [5, 5.41) is 2.76. The summed E-state index contributed by atoms with van der Waals surface area (Å²) in [6.07, 6.45) is 2.84. The molecular weight excluding hydrogens is 154 g/mol. The van der Waals surface area contributed by atoms with E-state index in [1.165, 1.54) is 0 Å². The molecule has 12 heavy (non-hydrogen) atoms. The quantitative estimate of drug-likeness (QED) is 0.585. The molecule has 0 saturated heterocycles. The fourth-order valence-electron chi connectivity index (χ4n) is 0.723. The van der Waals surface area contributed by atoms with E-state index in [1.807, 2.05) is 0 Å². The van der Waals surface area contributed by atoms with E-state index in [1.54, 1.807) is 0 Å². The van der Waals surface area contributed by atoms with Crippen LogP contribution in [0.4, 0.5) is 0 Å². The van der Waals surface area contributed by atoms with Gasteiger partial charge in [-0.1, -0.05) is 20.3 Å². The van der Waals surface area contributed by atoms with Crippen LogP contribution in [0.25, 0.3) is 0 Å². The average molecular weight is 172 g/mol. The molecule has 0 heterocycles. The Kier molecular flexibility index (Phi) is 8.12. The molecule has 1 amide bonds. The van der Waals surface area contributed by atoms with Gasteiger partial charge >= 0.3 is 0 Å². The molecule has 0 saturated carbocycles. The van der Waals surface area contributed by atoms with Crippen molar-refractivity contribution < 1.29 is 9.53 Å². The second-order valence-electron chi connectivity index (χ2n) is 2.61. The van der Waals surface area contributed by atoms with E-state index in [4.69, 9.17) is 4.74 Å². The predicted octanol–water partition coefficient (Wildman–Crippen LogP) is 1.14.